The van der Waals surface area contributed by atoms with Crippen LogP contribution in [0, 0.1) is 11.8 Å². The Labute approximate surface area is 159 Å². The predicted octanol–water partition coefficient (Wildman–Crippen LogP) is 4.31. The Hall–Kier alpha value is -1.08. The van der Waals surface area contributed by atoms with Gasteiger partial charge in [0.05, 0.1) is 6.10 Å². The van der Waals surface area contributed by atoms with Gasteiger partial charge in [0.15, 0.2) is 5.79 Å². The standard InChI is InChI=1S/C20H32F2O5/c21-18(22)8-5-6-11-20(26)12-10-15-14(16(23)13-17(15)27-20)7-3-1-2-4-9-19(24)25/h14-15,17-18,26H,1-13H2,(H,24,25)/t14-,15-,17-,20-/m1/s1. The van der Waals surface area contributed by atoms with E-state index < -0.39 is 18.2 Å². The van der Waals surface area contributed by atoms with E-state index in [0.29, 0.717) is 38.5 Å². The zero-order valence-corrected chi connectivity index (χ0v) is 15.9. The minimum absolute atomic E-state index is 0.0298. The second-order valence-corrected chi connectivity index (χ2v) is 8.07. The Morgan fingerprint density at radius 3 is 2.63 bits per heavy atom. The molecule has 0 bridgehead atoms. The van der Waals surface area contributed by atoms with Gasteiger partial charge < -0.3 is 14.9 Å². The smallest absolute Gasteiger partial charge is 0.303 e. The molecule has 2 rings (SSSR count). The Kier molecular flexibility index (Phi) is 8.61. The number of rotatable bonds is 12. The summed E-state index contributed by atoms with van der Waals surface area (Å²) >= 11 is 0. The molecule has 0 unspecified atom stereocenters. The maximum Gasteiger partial charge on any atom is 0.303 e. The van der Waals surface area contributed by atoms with Crippen molar-refractivity contribution in [2.75, 3.05) is 0 Å². The highest BCUT2D eigenvalue weighted by atomic mass is 19.3. The number of carboxylic acids is 1. The van der Waals surface area contributed by atoms with Crippen molar-refractivity contribution in [2.45, 2.75) is 102 Å². The summed E-state index contributed by atoms with van der Waals surface area (Å²) in [5.74, 6) is -1.76. The zero-order valence-electron chi connectivity index (χ0n) is 15.9. The van der Waals surface area contributed by atoms with Crippen molar-refractivity contribution in [3.05, 3.63) is 0 Å². The number of Topliss-reactive ketones (excluding diaryl/α,β-unsaturated/α-hetero) is 1. The lowest BCUT2D eigenvalue weighted by atomic mass is 9.82. The molecule has 1 aliphatic heterocycles. The maximum atomic E-state index is 12.4. The van der Waals surface area contributed by atoms with Crippen LogP contribution in [0.4, 0.5) is 8.78 Å². The van der Waals surface area contributed by atoms with Gasteiger partial charge in [-0.15, -0.1) is 0 Å². The number of aliphatic hydroxyl groups is 1. The average molecular weight is 390 g/mol. The minimum Gasteiger partial charge on any atom is -0.481 e. The Bertz CT molecular complexity index is 499. The molecule has 1 heterocycles. The van der Waals surface area contributed by atoms with Gasteiger partial charge in [0.2, 0.25) is 6.43 Å². The number of hydrogen-bond donors (Lipinski definition) is 2. The zero-order chi connectivity index (χ0) is 19.9. The molecule has 0 radical (unpaired) electrons. The summed E-state index contributed by atoms with van der Waals surface area (Å²) < 4.78 is 30.3. The van der Waals surface area contributed by atoms with Gasteiger partial charge in [0.25, 0.3) is 0 Å². The van der Waals surface area contributed by atoms with E-state index in [1.807, 2.05) is 0 Å². The van der Waals surface area contributed by atoms with Crippen LogP contribution < -0.4 is 0 Å². The third-order valence-electron chi connectivity index (χ3n) is 5.94. The molecular weight excluding hydrogens is 358 g/mol. The van der Waals surface area contributed by atoms with E-state index in [1.54, 1.807) is 0 Å². The van der Waals surface area contributed by atoms with Crippen LogP contribution in [0.15, 0.2) is 0 Å². The van der Waals surface area contributed by atoms with E-state index in [0.717, 1.165) is 32.1 Å². The number of halogens is 2. The van der Waals surface area contributed by atoms with Crippen molar-refractivity contribution in [3.63, 3.8) is 0 Å². The number of unbranched alkanes of at least 4 members (excludes halogenated alkanes) is 4. The lowest BCUT2D eigenvalue weighted by Crippen LogP contribution is -2.44. The van der Waals surface area contributed by atoms with Crippen LogP contribution in [0.2, 0.25) is 0 Å². The summed E-state index contributed by atoms with van der Waals surface area (Å²) in [6.07, 6.45) is 4.30. The molecule has 0 aromatic heterocycles. The van der Waals surface area contributed by atoms with Crippen LogP contribution in [0.3, 0.4) is 0 Å². The van der Waals surface area contributed by atoms with Gasteiger partial charge >= 0.3 is 5.97 Å². The van der Waals surface area contributed by atoms with Gasteiger partial charge in [0, 0.05) is 38.0 Å². The average Bonchev–Trinajstić information content (AvgIpc) is 2.88. The number of alkyl halides is 2. The van der Waals surface area contributed by atoms with Gasteiger partial charge in [-0.05, 0) is 38.0 Å². The third-order valence-corrected chi connectivity index (χ3v) is 5.94. The van der Waals surface area contributed by atoms with Crippen LogP contribution in [0.25, 0.3) is 0 Å². The van der Waals surface area contributed by atoms with Gasteiger partial charge in [0.1, 0.15) is 5.78 Å². The molecule has 7 heteroatoms. The summed E-state index contributed by atoms with van der Waals surface area (Å²) in [6, 6.07) is 0. The van der Waals surface area contributed by atoms with Gasteiger partial charge in [-0.1, -0.05) is 19.3 Å². The van der Waals surface area contributed by atoms with Crippen LogP contribution in [0.5, 0.6) is 0 Å². The first-order valence-electron chi connectivity index (χ1n) is 10.2. The molecule has 2 aliphatic rings. The maximum absolute atomic E-state index is 12.4. The summed E-state index contributed by atoms with van der Waals surface area (Å²) in [6.45, 7) is 0. The Morgan fingerprint density at radius 2 is 1.93 bits per heavy atom. The molecule has 2 fully saturated rings. The van der Waals surface area contributed by atoms with E-state index in [4.69, 9.17) is 9.84 Å². The van der Waals surface area contributed by atoms with Crippen LogP contribution in [0.1, 0.15) is 83.5 Å². The second-order valence-electron chi connectivity index (χ2n) is 8.07. The van der Waals surface area contributed by atoms with Crippen molar-refractivity contribution in [3.8, 4) is 0 Å². The van der Waals surface area contributed by atoms with Crippen molar-refractivity contribution in [1.29, 1.82) is 0 Å². The SMILES string of the molecule is O=C(O)CCCCCC[C@H]1C(=O)C[C@H]2O[C@](O)(CCCCC(F)F)CC[C@@H]21. The lowest BCUT2D eigenvalue weighted by Gasteiger charge is -2.40. The normalized spacial score (nSPS) is 30.7. The molecule has 27 heavy (non-hydrogen) atoms. The highest BCUT2D eigenvalue weighted by Gasteiger charge is 2.49. The first-order chi connectivity index (χ1) is 12.8. The van der Waals surface area contributed by atoms with Crippen LogP contribution in [-0.4, -0.2) is 40.3 Å². The predicted molar refractivity (Wildman–Crippen MR) is 95.5 cm³/mol. The molecule has 5 nitrogen and oxygen atoms in total. The van der Waals surface area contributed by atoms with Crippen LogP contribution >= 0.6 is 0 Å². The van der Waals surface area contributed by atoms with Gasteiger partial charge in [-0.25, -0.2) is 8.78 Å². The highest BCUT2D eigenvalue weighted by Crippen LogP contribution is 2.45. The first-order valence-corrected chi connectivity index (χ1v) is 10.2. The molecule has 0 aromatic rings. The number of ketones is 1. The molecule has 0 amide bonds. The number of ether oxygens (including phenoxy) is 1. The van der Waals surface area contributed by atoms with Crippen molar-refractivity contribution < 1.29 is 33.3 Å². The van der Waals surface area contributed by atoms with Crippen molar-refractivity contribution >= 4 is 11.8 Å². The molecule has 0 spiro atoms. The summed E-state index contributed by atoms with van der Waals surface area (Å²) in [4.78, 5) is 22.9. The van der Waals surface area contributed by atoms with Crippen LogP contribution in [-0.2, 0) is 14.3 Å². The highest BCUT2D eigenvalue weighted by molar-refractivity contribution is 5.84. The quantitative estimate of drug-likeness (QED) is 0.485. The molecule has 4 atom stereocenters. The van der Waals surface area contributed by atoms with Crippen molar-refractivity contribution in [1.82, 2.24) is 0 Å². The molecule has 156 valence electrons. The van der Waals surface area contributed by atoms with Gasteiger partial charge in [-0.2, -0.15) is 0 Å². The first kappa shape index (κ1) is 22.2. The number of aliphatic carboxylic acids is 1. The number of hydrogen-bond acceptors (Lipinski definition) is 4. The van der Waals surface area contributed by atoms with E-state index in [2.05, 4.69) is 0 Å². The summed E-state index contributed by atoms with van der Waals surface area (Å²) in [5.41, 5.74) is 0. The minimum atomic E-state index is -2.31. The summed E-state index contributed by atoms with van der Waals surface area (Å²) in [7, 11) is 0. The molecule has 1 aliphatic carbocycles. The molecule has 1 saturated heterocycles. The van der Waals surface area contributed by atoms with E-state index >= 15 is 0 Å². The Morgan fingerprint density at radius 1 is 1.19 bits per heavy atom. The molecular formula is C20H32F2O5. The largest absolute Gasteiger partial charge is 0.481 e. The number of carbonyl (C=O) groups excluding carboxylic acids is 1. The lowest BCUT2D eigenvalue weighted by molar-refractivity contribution is -0.268. The molecule has 2 N–H and O–H groups in total. The van der Waals surface area contributed by atoms with E-state index in [9.17, 15) is 23.5 Å². The second kappa shape index (κ2) is 10.5. The summed E-state index contributed by atoms with van der Waals surface area (Å²) in [5, 5.41) is 19.2. The number of carbonyl (C=O) groups is 2. The monoisotopic (exact) mass is 390 g/mol. The van der Waals surface area contributed by atoms with E-state index in [1.165, 1.54) is 0 Å². The number of fused-ring (bicyclic) bond motifs is 1. The fourth-order valence-electron chi connectivity index (χ4n) is 4.50. The topological polar surface area (TPSA) is 83.8 Å². The number of carboxylic acid groups (broad SMARTS) is 1. The van der Waals surface area contributed by atoms with E-state index in [-0.39, 0.29) is 36.6 Å². The fraction of sp³-hybridized carbons (Fsp3) is 0.900. The van der Waals surface area contributed by atoms with Gasteiger partial charge in [-0.3, -0.25) is 9.59 Å². The molecule has 0 aromatic carbocycles. The Balaban J connectivity index is 1.71. The third kappa shape index (κ3) is 7.11. The fourth-order valence-corrected chi connectivity index (χ4v) is 4.50. The van der Waals surface area contributed by atoms with Crippen molar-refractivity contribution in [2.24, 2.45) is 11.8 Å². The molecule has 1 saturated carbocycles.